The minimum atomic E-state index is -0.419. The fraction of sp³-hybridized carbons (Fsp3) is 0.273. The standard InChI is InChI=1S/C22H20FN3O2S/c1-14-21(29-25-24-14)22(28)26-11-5-8-17(13-26)20(27)16-9-10-18(19(23)12-16)15-6-3-2-4-7-15/h2-4,6-7,9-10,12,17H,5,8,11,13H2,1H3. The third-order valence-corrected chi connectivity index (χ3v) is 6.08. The van der Waals surface area contributed by atoms with Gasteiger partial charge in [0.1, 0.15) is 10.7 Å². The van der Waals surface area contributed by atoms with Crippen LogP contribution in [0, 0.1) is 18.7 Å². The SMILES string of the molecule is Cc1nnsc1C(=O)N1CCCC(C(=O)c2ccc(-c3ccccc3)c(F)c2)C1. The number of aryl methyl sites for hydroxylation is 1. The molecule has 1 unspecified atom stereocenters. The number of amides is 1. The average molecular weight is 409 g/mol. The number of benzene rings is 2. The number of hydrogen-bond acceptors (Lipinski definition) is 5. The molecule has 3 aromatic rings. The zero-order valence-corrected chi connectivity index (χ0v) is 16.8. The summed E-state index contributed by atoms with van der Waals surface area (Å²) in [6.45, 7) is 2.68. The van der Waals surface area contributed by atoms with Crippen molar-refractivity contribution in [3.05, 3.63) is 70.5 Å². The first-order valence-corrected chi connectivity index (χ1v) is 10.3. The van der Waals surface area contributed by atoms with E-state index in [0.717, 1.165) is 23.5 Å². The molecule has 1 aliphatic heterocycles. The first-order chi connectivity index (χ1) is 14.0. The largest absolute Gasteiger partial charge is 0.337 e. The van der Waals surface area contributed by atoms with E-state index < -0.39 is 5.82 Å². The molecule has 29 heavy (non-hydrogen) atoms. The highest BCUT2D eigenvalue weighted by atomic mass is 32.1. The van der Waals surface area contributed by atoms with E-state index in [4.69, 9.17) is 0 Å². The van der Waals surface area contributed by atoms with E-state index in [1.165, 1.54) is 6.07 Å². The Kier molecular flexibility index (Phi) is 5.49. The van der Waals surface area contributed by atoms with E-state index >= 15 is 0 Å². The van der Waals surface area contributed by atoms with Crippen LogP contribution < -0.4 is 0 Å². The van der Waals surface area contributed by atoms with Crippen LogP contribution in [0.2, 0.25) is 0 Å². The van der Waals surface area contributed by atoms with Gasteiger partial charge in [0.2, 0.25) is 0 Å². The van der Waals surface area contributed by atoms with E-state index in [1.807, 2.05) is 30.3 Å². The summed E-state index contributed by atoms with van der Waals surface area (Å²) in [7, 11) is 0. The second-order valence-corrected chi connectivity index (χ2v) is 7.96. The quantitative estimate of drug-likeness (QED) is 0.600. The molecule has 0 bridgehead atoms. The molecule has 5 nitrogen and oxygen atoms in total. The number of piperidine rings is 1. The van der Waals surface area contributed by atoms with Crippen LogP contribution in [0.4, 0.5) is 4.39 Å². The number of nitrogens with zero attached hydrogens (tertiary/aromatic N) is 3. The number of carbonyl (C=O) groups is 2. The number of aromatic nitrogens is 2. The number of ketones is 1. The maximum absolute atomic E-state index is 14.7. The highest BCUT2D eigenvalue weighted by Gasteiger charge is 2.31. The molecule has 0 N–H and O–H groups in total. The summed E-state index contributed by atoms with van der Waals surface area (Å²) in [5.74, 6) is -1.02. The minimum Gasteiger partial charge on any atom is -0.337 e. The Morgan fingerprint density at radius 2 is 1.97 bits per heavy atom. The van der Waals surface area contributed by atoms with Crippen molar-refractivity contribution in [3.8, 4) is 11.1 Å². The van der Waals surface area contributed by atoms with Gasteiger partial charge in [-0.05, 0) is 42.9 Å². The maximum atomic E-state index is 14.7. The lowest BCUT2D eigenvalue weighted by Gasteiger charge is -2.31. The van der Waals surface area contributed by atoms with Crippen LogP contribution in [0.1, 0.15) is 38.6 Å². The fourth-order valence-corrected chi connectivity index (χ4v) is 4.33. The summed E-state index contributed by atoms with van der Waals surface area (Å²) >= 11 is 1.07. The molecule has 4 rings (SSSR count). The maximum Gasteiger partial charge on any atom is 0.267 e. The summed E-state index contributed by atoms with van der Waals surface area (Å²) in [5.41, 5.74) is 2.19. The molecule has 0 saturated carbocycles. The van der Waals surface area contributed by atoms with Crippen LogP contribution in [0.5, 0.6) is 0 Å². The van der Waals surface area contributed by atoms with Crippen LogP contribution in [0.25, 0.3) is 11.1 Å². The van der Waals surface area contributed by atoms with Crippen LogP contribution in [0.3, 0.4) is 0 Å². The summed E-state index contributed by atoms with van der Waals surface area (Å²) in [5, 5.41) is 3.89. The zero-order chi connectivity index (χ0) is 20.4. The Morgan fingerprint density at radius 3 is 2.66 bits per heavy atom. The molecule has 7 heteroatoms. The summed E-state index contributed by atoms with van der Waals surface area (Å²) < 4.78 is 18.5. The molecule has 0 spiro atoms. The van der Waals surface area contributed by atoms with Gasteiger partial charge in [0.25, 0.3) is 5.91 Å². The second-order valence-electron chi connectivity index (χ2n) is 7.20. The van der Waals surface area contributed by atoms with Crippen LogP contribution in [-0.2, 0) is 0 Å². The van der Waals surface area contributed by atoms with Crippen molar-refractivity contribution in [2.24, 2.45) is 5.92 Å². The Morgan fingerprint density at radius 1 is 1.17 bits per heavy atom. The van der Waals surface area contributed by atoms with Crippen LogP contribution in [0.15, 0.2) is 48.5 Å². The number of halogens is 1. The fourth-order valence-electron chi connectivity index (χ4n) is 3.70. The van der Waals surface area contributed by atoms with Gasteiger partial charge in [0.15, 0.2) is 5.78 Å². The molecule has 1 fully saturated rings. The lowest BCUT2D eigenvalue weighted by Crippen LogP contribution is -2.42. The molecule has 1 aliphatic rings. The molecule has 2 aromatic carbocycles. The van der Waals surface area contributed by atoms with Gasteiger partial charge in [-0.25, -0.2) is 4.39 Å². The van der Waals surface area contributed by atoms with E-state index in [1.54, 1.807) is 24.0 Å². The summed E-state index contributed by atoms with van der Waals surface area (Å²) in [6, 6.07) is 13.9. The van der Waals surface area contributed by atoms with Crippen molar-refractivity contribution in [1.82, 2.24) is 14.5 Å². The van der Waals surface area contributed by atoms with Crippen molar-refractivity contribution in [1.29, 1.82) is 0 Å². The van der Waals surface area contributed by atoms with Crippen molar-refractivity contribution < 1.29 is 14.0 Å². The van der Waals surface area contributed by atoms with Gasteiger partial charge in [0.05, 0.1) is 5.69 Å². The highest BCUT2D eigenvalue weighted by Crippen LogP contribution is 2.27. The Bertz CT molecular complexity index is 1050. The normalized spacial score (nSPS) is 16.6. The van der Waals surface area contributed by atoms with Gasteiger partial charge in [-0.15, -0.1) is 5.10 Å². The Balaban J connectivity index is 1.51. The number of hydrogen-bond donors (Lipinski definition) is 0. The van der Waals surface area contributed by atoms with Gasteiger partial charge in [0, 0.05) is 30.1 Å². The minimum absolute atomic E-state index is 0.125. The Hall–Kier alpha value is -2.93. The molecule has 0 aliphatic carbocycles. The third kappa shape index (κ3) is 3.96. The Labute approximate surface area is 172 Å². The van der Waals surface area contributed by atoms with Crippen LogP contribution >= 0.6 is 11.5 Å². The van der Waals surface area contributed by atoms with E-state index in [9.17, 15) is 14.0 Å². The van der Waals surface area contributed by atoms with Crippen molar-refractivity contribution in [2.75, 3.05) is 13.1 Å². The smallest absolute Gasteiger partial charge is 0.267 e. The second kappa shape index (κ2) is 8.21. The van der Waals surface area contributed by atoms with Crippen LogP contribution in [-0.4, -0.2) is 39.3 Å². The lowest BCUT2D eigenvalue weighted by atomic mass is 9.89. The molecule has 2 heterocycles. The summed E-state index contributed by atoms with van der Waals surface area (Å²) in [6.07, 6.45) is 1.42. The van der Waals surface area contributed by atoms with Gasteiger partial charge < -0.3 is 4.90 Å². The molecular weight excluding hydrogens is 389 g/mol. The van der Waals surface area contributed by atoms with Gasteiger partial charge in [-0.1, -0.05) is 47.0 Å². The molecule has 1 atom stereocenters. The molecule has 1 amide bonds. The number of rotatable bonds is 4. The molecule has 0 radical (unpaired) electrons. The molecular formula is C22H20FN3O2S. The molecule has 1 saturated heterocycles. The van der Waals surface area contributed by atoms with Crippen molar-refractivity contribution in [2.45, 2.75) is 19.8 Å². The molecule has 1 aromatic heterocycles. The lowest BCUT2D eigenvalue weighted by molar-refractivity contribution is 0.0640. The zero-order valence-electron chi connectivity index (χ0n) is 16.0. The predicted octanol–water partition coefficient (Wildman–Crippen LogP) is 4.39. The number of carbonyl (C=O) groups excluding carboxylic acids is 2. The van der Waals surface area contributed by atoms with Gasteiger partial charge in [-0.2, -0.15) is 0 Å². The average Bonchev–Trinajstić information content (AvgIpc) is 3.19. The predicted molar refractivity (Wildman–Crippen MR) is 109 cm³/mol. The topological polar surface area (TPSA) is 63.2 Å². The molecule has 148 valence electrons. The van der Waals surface area contributed by atoms with Crippen molar-refractivity contribution >= 4 is 23.2 Å². The summed E-state index contributed by atoms with van der Waals surface area (Å²) in [4.78, 5) is 27.9. The monoisotopic (exact) mass is 409 g/mol. The van der Waals surface area contributed by atoms with Gasteiger partial charge >= 0.3 is 0 Å². The van der Waals surface area contributed by atoms with E-state index in [0.29, 0.717) is 41.2 Å². The third-order valence-electron chi connectivity index (χ3n) is 5.26. The first kappa shape index (κ1) is 19.4. The number of likely N-dealkylation sites (tertiary alicyclic amines) is 1. The van der Waals surface area contributed by atoms with Crippen molar-refractivity contribution in [3.63, 3.8) is 0 Å². The first-order valence-electron chi connectivity index (χ1n) is 9.52. The van der Waals surface area contributed by atoms with E-state index in [-0.39, 0.29) is 17.6 Å². The van der Waals surface area contributed by atoms with Gasteiger partial charge in [-0.3, -0.25) is 9.59 Å². The highest BCUT2D eigenvalue weighted by molar-refractivity contribution is 7.07. The van der Waals surface area contributed by atoms with E-state index in [2.05, 4.69) is 9.59 Å². The number of Topliss-reactive ketones (excluding diaryl/α,β-unsaturated/α-hetero) is 1.